The minimum absolute atomic E-state index is 0.0204. The maximum Gasteiger partial charge on any atom is 0.416 e. The predicted octanol–water partition coefficient (Wildman–Crippen LogP) is 4.75. The molecule has 0 spiro atoms. The maximum atomic E-state index is 13.7. The number of hydrogen-bond donors (Lipinski definition) is 1. The standard InChI is InChI=1S/C13H8ClF4N/c14-10-6-11(15)9(5-12(10)19)7-2-1-3-8(4-7)13(16,17)18/h1-6H,19H2. The van der Waals surface area contributed by atoms with Gasteiger partial charge in [0.05, 0.1) is 16.3 Å². The van der Waals surface area contributed by atoms with Crippen molar-refractivity contribution < 1.29 is 17.6 Å². The molecule has 0 atom stereocenters. The largest absolute Gasteiger partial charge is 0.416 e. The highest BCUT2D eigenvalue weighted by atomic mass is 35.5. The molecule has 100 valence electrons. The average Bonchev–Trinajstić information content (AvgIpc) is 2.33. The van der Waals surface area contributed by atoms with Crippen LogP contribution in [0.2, 0.25) is 5.02 Å². The molecule has 0 radical (unpaired) electrons. The third-order valence-corrected chi connectivity index (χ3v) is 2.91. The molecule has 0 amide bonds. The van der Waals surface area contributed by atoms with E-state index in [1.807, 2.05) is 0 Å². The molecular formula is C13H8ClF4N. The average molecular weight is 290 g/mol. The van der Waals surface area contributed by atoms with Crippen molar-refractivity contribution in [1.82, 2.24) is 0 Å². The highest BCUT2D eigenvalue weighted by Crippen LogP contribution is 2.34. The second-order valence-electron chi connectivity index (χ2n) is 3.93. The predicted molar refractivity (Wildman–Crippen MR) is 66.3 cm³/mol. The molecule has 6 heteroatoms. The van der Waals surface area contributed by atoms with Crippen LogP contribution >= 0.6 is 11.6 Å². The van der Waals surface area contributed by atoms with Crippen LogP contribution in [-0.2, 0) is 6.18 Å². The van der Waals surface area contributed by atoms with E-state index in [2.05, 4.69) is 0 Å². The van der Waals surface area contributed by atoms with E-state index >= 15 is 0 Å². The number of halogens is 5. The molecule has 2 aromatic rings. The van der Waals surface area contributed by atoms with Gasteiger partial charge in [0.1, 0.15) is 5.82 Å². The minimum Gasteiger partial charge on any atom is -0.398 e. The van der Waals surface area contributed by atoms with E-state index in [1.54, 1.807) is 0 Å². The van der Waals surface area contributed by atoms with E-state index in [0.29, 0.717) is 0 Å². The third-order valence-electron chi connectivity index (χ3n) is 2.59. The van der Waals surface area contributed by atoms with Crippen molar-refractivity contribution in [2.24, 2.45) is 0 Å². The lowest BCUT2D eigenvalue weighted by atomic mass is 10.0. The van der Waals surface area contributed by atoms with Crippen molar-refractivity contribution in [2.75, 3.05) is 5.73 Å². The van der Waals surface area contributed by atoms with Crippen LogP contribution in [-0.4, -0.2) is 0 Å². The van der Waals surface area contributed by atoms with Gasteiger partial charge >= 0.3 is 6.18 Å². The number of alkyl halides is 3. The summed E-state index contributed by atoms with van der Waals surface area (Å²) in [4.78, 5) is 0. The first kappa shape index (κ1) is 13.7. The molecule has 1 nitrogen and oxygen atoms in total. The zero-order valence-corrected chi connectivity index (χ0v) is 10.2. The van der Waals surface area contributed by atoms with E-state index in [4.69, 9.17) is 17.3 Å². The van der Waals surface area contributed by atoms with Crippen molar-refractivity contribution in [2.45, 2.75) is 6.18 Å². The Morgan fingerprint density at radius 3 is 2.37 bits per heavy atom. The van der Waals surface area contributed by atoms with Gasteiger partial charge in [0.2, 0.25) is 0 Å². The lowest BCUT2D eigenvalue weighted by Crippen LogP contribution is -2.04. The molecule has 2 N–H and O–H groups in total. The number of nitrogen functional groups attached to an aromatic ring is 1. The van der Waals surface area contributed by atoms with Crippen molar-refractivity contribution in [1.29, 1.82) is 0 Å². The lowest BCUT2D eigenvalue weighted by molar-refractivity contribution is -0.137. The number of anilines is 1. The van der Waals surface area contributed by atoms with Gasteiger partial charge in [0.15, 0.2) is 0 Å². The fraction of sp³-hybridized carbons (Fsp3) is 0.0769. The highest BCUT2D eigenvalue weighted by molar-refractivity contribution is 6.33. The zero-order valence-electron chi connectivity index (χ0n) is 9.43. The molecule has 0 saturated carbocycles. The van der Waals surface area contributed by atoms with Crippen molar-refractivity contribution in [3.8, 4) is 11.1 Å². The molecule has 0 saturated heterocycles. The second-order valence-corrected chi connectivity index (χ2v) is 4.34. The van der Waals surface area contributed by atoms with E-state index in [9.17, 15) is 17.6 Å². The third kappa shape index (κ3) is 2.81. The summed E-state index contributed by atoms with van der Waals surface area (Å²) in [6.07, 6.45) is -4.48. The van der Waals surface area contributed by atoms with Crippen LogP contribution in [0.5, 0.6) is 0 Å². The number of benzene rings is 2. The van der Waals surface area contributed by atoms with Crippen LogP contribution in [0.1, 0.15) is 5.56 Å². The number of hydrogen-bond acceptors (Lipinski definition) is 1. The molecule has 2 rings (SSSR count). The Balaban J connectivity index is 2.57. The minimum atomic E-state index is -4.48. The van der Waals surface area contributed by atoms with Crippen molar-refractivity contribution in [3.63, 3.8) is 0 Å². The van der Waals surface area contributed by atoms with Gasteiger partial charge in [-0.05, 0) is 29.8 Å². The van der Waals surface area contributed by atoms with Gasteiger partial charge in [-0.3, -0.25) is 0 Å². The Morgan fingerprint density at radius 1 is 1.05 bits per heavy atom. The number of nitrogens with two attached hydrogens (primary N) is 1. The van der Waals surface area contributed by atoms with Crippen molar-refractivity contribution in [3.05, 3.63) is 52.8 Å². The van der Waals surface area contributed by atoms with Crippen LogP contribution in [0.25, 0.3) is 11.1 Å². The Kier molecular flexibility index (Phi) is 3.41. The van der Waals surface area contributed by atoms with Gasteiger partial charge in [-0.2, -0.15) is 13.2 Å². The topological polar surface area (TPSA) is 26.0 Å². The maximum absolute atomic E-state index is 13.7. The molecule has 0 aromatic heterocycles. The van der Waals surface area contributed by atoms with Crippen LogP contribution < -0.4 is 5.73 Å². The van der Waals surface area contributed by atoms with E-state index in [0.717, 1.165) is 18.2 Å². The van der Waals surface area contributed by atoms with Gasteiger partial charge in [0.25, 0.3) is 0 Å². The summed E-state index contributed by atoms with van der Waals surface area (Å²) >= 11 is 5.63. The van der Waals surface area contributed by atoms with E-state index in [-0.39, 0.29) is 21.8 Å². The molecule has 0 fully saturated rings. The van der Waals surface area contributed by atoms with Crippen LogP contribution in [0.4, 0.5) is 23.2 Å². The molecular weight excluding hydrogens is 282 g/mol. The summed E-state index contributed by atoms with van der Waals surface area (Å²) < 4.78 is 51.5. The smallest absolute Gasteiger partial charge is 0.398 e. The Bertz CT molecular complexity index is 623. The van der Waals surface area contributed by atoms with E-state index in [1.165, 1.54) is 18.2 Å². The molecule has 19 heavy (non-hydrogen) atoms. The Hall–Kier alpha value is -1.75. The number of rotatable bonds is 1. The SMILES string of the molecule is Nc1cc(-c2cccc(C(F)(F)F)c2)c(F)cc1Cl. The van der Waals surface area contributed by atoms with Gasteiger partial charge in [-0.15, -0.1) is 0 Å². The Labute approximate surface area is 111 Å². The first-order valence-electron chi connectivity index (χ1n) is 5.21. The molecule has 0 aliphatic rings. The molecule has 0 aliphatic heterocycles. The summed E-state index contributed by atoms with van der Waals surface area (Å²) in [6.45, 7) is 0. The fourth-order valence-corrected chi connectivity index (χ4v) is 1.80. The van der Waals surface area contributed by atoms with Crippen LogP contribution in [0, 0.1) is 5.82 Å². The van der Waals surface area contributed by atoms with E-state index < -0.39 is 17.6 Å². The molecule has 2 aromatic carbocycles. The molecule has 0 bridgehead atoms. The molecule has 0 aliphatic carbocycles. The first-order valence-corrected chi connectivity index (χ1v) is 5.59. The Morgan fingerprint density at radius 2 is 1.74 bits per heavy atom. The van der Waals surface area contributed by atoms with Gasteiger partial charge in [-0.1, -0.05) is 23.7 Å². The van der Waals surface area contributed by atoms with Gasteiger partial charge in [0, 0.05) is 5.56 Å². The summed E-state index contributed by atoms with van der Waals surface area (Å²) in [6, 6.07) is 6.56. The van der Waals surface area contributed by atoms with Gasteiger partial charge < -0.3 is 5.73 Å². The quantitative estimate of drug-likeness (QED) is 0.595. The van der Waals surface area contributed by atoms with Crippen LogP contribution in [0.15, 0.2) is 36.4 Å². The zero-order chi connectivity index (χ0) is 14.2. The lowest BCUT2D eigenvalue weighted by Gasteiger charge is -2.10. The summed E-state index contributed by atoms with van der Waals surface area (Å²) in [5, 5.41) is 0.0215. The summed E-state index contributed by atoms with van der Waals surface area (Å²) in [5.41, 5.74) is 4.86. The normalized spacial score (nSPS) is 11.6. The van der Waals surface area contributed by atoms with Crippen molar-refractivity contribution >= 4 is 17.3 Å². The summed E-state index contributed by atoms with van der Waals surface area (Å²) in [7, 11) is 0. The second kappa shape index (κ2) is 4.74. The highest BCUT2D eigenvalue weighted by Gasteiger charge is 2.30. The fourth-order valence-electron chi connectivity index (χ4n) is 1.65. The van der Waals surface area contributed by atoms with Crippen LogP contribution in [0.3, 0.4) is 0 Å². The molecule has 0 heterocycles. The summed E-state index contributed by atoms with van der Waals surface area (Å²) in [5.74, 6) is -0.724. The van der Waals surface area contributed by atoms with Gasteiger partial charge in [-0.25, -0.2) is 4.39 Å². The first-order chi connectivity index (χ1) is 8.79. The monoisotopic (exact) mass is 289 g/mol. The molecule has 0 unspecified atom stereocenters.